The number of carbonyl (C=O) groups is 2. The van der Waals surface area contributed by atoms with Crippen LogP contribution in [0.4, 0.5) is 0 Å². The molecule has 0 amide bonds. The van der Waals surface area contributed by atoms with Crippen molar-refractivity contribution in [3.8, 4) is 5.75 Å². The monoisotopic (exact) mass is 508 g/mol. The normalized spacial score (nSPS) is 10.9. The molecule has 0 N–H and O–H groups in total. The van der Waals surface area contributed by atoms with Gasteiger partial charge in [0.05, 0.1) is 31.4 Å². The summed E-state index contributed by atoms with van der Waals surface area (Å²) in [5.41, 5.74) is 1.66. The summed E-state index contributed by atoms with van der Waals surface area (Å²) < 4.78 is 12.2. The van der Waals surface area contributed by atoms with Gasteiger partial charge in [0.1, 0.15) is 15.5 Å². The average Bonchev–Trinajstić information content (AvgIpc) is 3.21. The van der Waals surface area contributed by atoms with Gasteiger partial charge in [-0.1, -0.05) is 60.3 Å². The van der Waals surface area contributed by atoms with Gasteiger partial charge in [-0.25, -0.2) is 9.78 Å². The number of aromatic nitrogens is 2. The summed E-state index contributed by atoms with van der Waals surface area (Å²) in [6.07, 6.45) is 0. The predicted molar refractivity (Wildman–Crippen MR) is 138 cm³/mol. The van der Waals surface area contributed by atoms with Gasteiger partial charge in [-0.15, -0.1) is 11.3 Å². The first-order valence-corrected chi connectivity index (χ1v) is 12.8. The van der Waals surface area contributed by atoms with Crippen LogP contribution in [-0.2, 0) is 11.3 Å². The fourth-order valence-electron chi connectivity index (χ4n) is 3.68. The molecule has 0 aliphatic heterocycles. The average molecular weight is 509 g/mol. The van der Waals surface area contributed by atoms with E-state index in [1.165, 1.54) is 16.3 Å². The van der Waals surface area contributed by atoms with Gasteiger partial charge in [-0.05, 0) is 25.5 Å². The molecule has 0 unspecified atom stereocenters. The van der Waals surface area contributed by atoms with E-state index in [2.05, 4.69) is 0 Å². The molecule has 2 aromatic carbocycles. The number of fused-ring (bicyclic) bond motifs is 1. The highest BCUT2D eigenvalue weighted by Crippen LogP contribution is 2.31. The highest BCUT2D eigenvalue weighted by atomic mass is 32.2. The molecule has 35 heavy (non-hydrogen) atoms. The van der Waals surface area contributed by atoms with Gasteiger partial charge in [-0.2, -0.15) is 0 Å². The maximum Gasteiger partial charge on any atom is 0.348 e. The lowest BCUT2D eigenvalue weighted by atomic mass is 10.2. The molecule has 4 rings (SSSR count). The molecule has 0 saturated heterocycles. The van der Waals surface area contributed by atoms with Gasteiger partial charge in [0.2, 0.25) is 0 Å². The minimum atomic E-state index is -0.475. The number of hydrogen-bond donors (Lipinski definition) is 0. The first-order valence-electron chi connectivity index (χ1n) is 11.0. The Kier molecular flexibility index (Phi) is 7.67. The largest absolute Gasteiger partial charge is 0.496 e. The lowest BCUT2D eigenvalue weighted by molar-refractivity contribution is 0.0531. The van der Waals surface area contributed by atoms with E-state index in [-0.39, 0.29) is 30.2 Å². The summed E-state index contributed by atoms with van der Waals surface area (Å²) in [4.78, 5) is 44.4. The third-order valence-electron chi connectivity index (χ3n) is 5.43. The quantitative estimate of drug-likeness (QED) is 0.136. The topological polar surface area (TPSA) is 87.5 Å². The van der Waals surface area contributed by atoms with Gasteiger partial charge in [0.25, 0.3) is 5.56 Å². The molecular formula is C26H24N2O5S2. The summed E-state index contributed by atoms with van der Waals surface area (Å²) in [6.45, 7) is 3.91. The van der Waals surface area contributed by atoms with Crippen LogP contribution in [0.5, 0.6) is 5.75 Å². The Bertz CT molecular complexity index is 1440. The smallest absolute Gasteiger partial charge is 0.348 e. The van der Waals surface area contributed by atoms with E-state index >= 15 is 0 Å². The van der Waals surface area contributed by atoms with Crippen molar-refractivity contribution in [1.82, 2.24) is 9.55 Å². The molecule has 2 heterocycles. The van der Waals surface area contributed by atoms with Crippen molar-refractivity contribution in [2.24, 2.45) is 0 Å². The lowest BCUT2D eigenvalue weighted by Gasteiger charge is -2.14. The van der Waals surface area contributed by atoms with Crippen molar-refractivity contribution in [1.29, 1.82) is 0 Å². The maximum atomic E-state index is 13.7. The van der Waals surface area contributed by atoms with Crippen LogP contribution >= 0.6 is 23.1 Å². The number of carbonyl (C=O) groups excluding carboxylic acids is 2. The zero-order valence-corrected chi connectivity index (χ0v) is 21.2. The van der Waals surface area contributed by atoms with E-state index in [0.717, 1.165) is 16.9 Å². The van der Waals surface area contributed by atoms with Crippen LogP contribution in [0.3, 0.4) is 0 Å². The molecule has 0 spiro atoms. The number of nitrogens with zero attached hydrogens (tertiary/aromatic N) is 2. The van der Waals surface area contributed by atoms with Crippen LogP contribution < -0.4 is 10.3 Å². The number of thiophene rings is 1. The molecular weight excluding hydrogens is 484 g/mol. The Labute approximate surface area is 210 Å². The number of esters is 1. The van der Waals surface area contributed by atoms with E-state index in [9.17, 15) is 14.4 Å². The summed E-state index contributed by atoms with van der Waals surface area (Å²) in [7, 11) is 1.58. The van der Waals surface area contributed by atoms with Crippen LogP contribution in [-0.4, -0.2) is 40.8 Å². The van der Waals surface area contributed by atoms with Gasteiger partial charge < -0.3 is 9.47 Å². The third-order valence-corrected chi connectivity index (χ3v) is 7.57. The molecule has 9 heteroatoms. The van der Waals surface area contributed by atoms with Gasteiger partial charge >= 0.3 is 5.97 Å². The van der Waals surface area contributed by atoms with Gasteiger partial charge in [-0.3, -0.25) is 14.2 Å². The van der Waals surface area contributed by atoms with E-state index in [4.69, 9.17) is 14.5 Å². The van der Waals surface area contributed by atoms with Crippen LogP contribution in [0.15, 0.2) is 64.5 Å². The number of hydrogen-bond acceptors (Lipinski definition) is 8. The van der Waals surface area contributed by atoms with Crippen LogP contribution in [0.25, 0.3) is 10.2 Å². The number of methoxy groups -OCH3 is 1. The summed E-state index contributed by atoms with van der Waals surface area (Å²) >= 11 is 2.33. The minimum absolute atomic E-state index is 0.0663. The molecule has 0 bridgehead atoms. The molecule has 2 aromatic heterocycles. The first kappa shape index (κ1) is 24.7. The second-order valence-corrected chi connectivity index (χ2v) is 9.57. The molecule has 4 aromatic rings. The van der Waals surface area contributed by atoms with Crippen LogP contribution in [0, 0.1) is 6.92 Å². The standard InChI is InChI=1S/C26H24N2O5S2/c1-4-33-25(31)22-16(2)21-23(35-22)27-26(34-15-19(29)17-10-6-5-7-11-17)28(24(21)30)14-18-12-8-9-13-20(18)32-3/h5-13H,4,14-15H2,1-3H3. The van der Waals surface area contributed by atoms with Crippen LogP contribution in [0.2, 0.25) is 0 Å². The van der Waals surface area contributed by atoms with Crippen LogP contribution in [0.1, 0.15) is 38.1 Å². The van der Waals surface area contributed by atoms with Gasteiger partial charge in [0, 0.05) is 11.1 Å². The number of ether oxygens (including phenoxy) is 2. The number of Topliss-reactive ketones (excluding diaryl/α,β-unsaturated/α-hetero) is 1. The number of para-hydroxylation sites is 1. The Hall–Kier alpha value is -3.43. The summed E-state index contributed by atoms with van der Waals surface area (Å²) in [5.74, 6) is 0.216. The van der Waals surface area contributed by atoms with Crippen molar-refractivity contribution in [2.45, 2.75) is 25.5 Å². The number of benzene rings is 2. The molecule has 0 fully saturated rings. The molecule has 0 atom stereocenters. The van der Waals surface area contributed by atoms with Crippen molar-refractivity contribution in [3.63, 3.8) is 0 Å². The Balaban J connectivity index is 1.80. The fraction of sp³-hybridized carbons (Fsp3) is 0.231. The van der Waals surface area contributed by atoms with Crippen molar-refractivity contribution < 1.29 is 19.1 Å². The fourth-order valence-corrected chi connectivity index (χ4v) is 5.69. The molecule has 0 aliphatic carbocycles. The number of thioether (sulfide) groups is 1. The molecule has 180 valence electrons. The van der Waals surface area contributed by atoms with E-state index in [1.807, 2.05) is 42.5 Å². The Morgan fingerprint density at radius 2 is 1.80 bits per heavy atom. The lowest BCUT2D eigenvalue weighted by Crippen LogP contribution is -2.24. The minimum Gasteiger partial charge on any atom is -0.496 e. The van der Waals surface area contributed by atoms with Crippen molar-refractivity contribution in [2.75, 3.05) is 19.5 Å². The van der Waals surface area contributed by atoms with E-state index in [0.29, 0.717) is 37.1 Å². The van der Waals surface area contributed by atoms with E-state index < -0.39 is 5.97 Å². The number of aryl methyl sites for hydroxylation is 1. The molecule has 0 saturated carbocycles. The molecule has 0 radical (unpaired) electrons. The summed E-state index contributed by atoms with van der Waals surface area (Å²) in [6, 6.07) is 16.4. The van der Waals surface area contributed by atoms with E-state index in [1.54, 1.807) is 33.1 Å². The van der Waals surface area contributed by atoms with Gasteiger partial charge in [0.15, 0.2) is 10.9 Å². The molecule has 0 aliphatic rings. The number of rotatable bonds is 9. The second kappa shape index (κ2) is 10.9. The second-order valence-electron chi connectivity index (χ2n) is 7.63. The zero-order valence-electron chi connectivity index (χ0n) is 19.6. The Morgan fingerprint density at radius 1 is 1.09 bits per heavy atom. The highest BCUT2D eigenvalue weighted by molar-refractivity contribution is 7.99. The summed E-state index contributed by atoms with van der Waals surface area (Å²) in [5, 5.41) is 0.779. The highest BCUT2D eigenvalue weighted by Gasteiger charge is 2.23. The SMILES string of the molecule is CCOC(=O)c1sc2nc(SCC(=O)c3ccccc3)n(Cc3ccccc3OC)c(=O)c2c1C. The number of ketones is 1. The first-order chi connectivity index (χ1) is 16.9. The van der Waals surface area contributed by atoms with Crippen molar-refractivity contribution >= 4 is 45.1 Å². The Morgan fingerprint density at radius 3 is 2.51 bits per heavy atom. The zero-order chi connectivity index (χ0) is 24.9. The predicted octanol–water partition coefficient (Wildman–Crippen LogP) is 4.98. The third kappa shape index (κ3) is 5.16. The maximum absolute atomic E-state index is 13.7. The van der Waals surface area contributed by atoms with Crippen molar-refractivity contribution in [3.05, 3.63) is 86.5 Å². The molecule has 7 nitrogen and oxygen atoms in total.